The molecule has 0 aromatic heterocycles. The van der Waals surface area contributed by atoms with Crippen LogP contribution in [0.5, 0.6) is 17.2 Å². The van der Waals surface area contributed by atoms with E-state index in [2.05, 4.69) is 62.4 Å². The number of rotatable bonds is 19. The van der Waals surface area contributed by atoms with Crippen LogP contribution < -0.4 is 19.9 Å². The van der Waals surface area contributed by atoms with Crippen LogP contribution in [0.15, 0.2) is 146 Å². The first kappa shape index (κ1) is 58.3. The Bertz CT molecular complexity index is 2260. The number of aliphatic hydroxyl groups is 1. The maximum atomic E-state index is 11.3. The van der Waals surface area contributed by atoms with Crippen molar-refractivity contribution in [3.05, 3.63) is 206 Å². The summed E-state index contributed by atoms with van der Waals surface area (Å²) in [5.74, 6) is 1.48. The van der Waals surface area contributed by atoms with E-state index in [1.807, 2.05) is 79.7 Å². The lowest BCUT2D eigenvalue weighted by atomic mass is 10.2. The fourth-order valence-corrected chi connectivity index (χ4v) is 5.38. The summed E-state index contributed by atoms with van der Waals surface area (Å²) in [7, 11) is 0. The van der Waals surface area contributed by atoms with Gasteiger partial charge in [-0.05, 0) is 90.6 Å². The summed E-state index contributed by atoms with van der Waals surface area (Å²) in [5.41, 5.74) is 15.0. The van der Waals surface area contributed by atoms with E-state index in [1.165, 1.54) is 16.7 Å². The normalized spacial score (nSPS) is 9.77. The van der Waals surface area contributed by atoms with Gasteiger partial charge in [-0.1, -0.05) is 126 Å². The number of carbonyl (C=O) groups excluding carboxylic acids is 2. The summed E-state index contributed by atoms with van der Waals surface area (Å²) in [5, 5.41) is 19.1. The second-order valence-electron chi connectivity index (χ2n) is 14.6. The maximum absolute atomic E-state index is 11.3. The van der Waals surface area contributed by atoms with Crippen molar-refractivity contribution >= 4 is 41.6 Å². The number of aryl methyl sites for hydroxylation is 3. The van der Waals surface area contributed by atoms with Gasteiger partial charge in [0.25, 0.3) is 0 Å². The van der Waals surface area contributed by atoms with Crippen molar-refractivity contribution in [3.63, 3.8) is 0 Å². The molecule has 6 rings (SSSR count). The van der Waals surface area contributed by atoms with Crippen molar-refractivity contribution in [2.75, 3.05) is 13.1 Å². The molecule has 0 bridgehead atoms. The highest BCUT2D eigenvalue weighted by molar-refractivity contribution is 6.92. The average Bonchev–Trinajstić information content (AvgIpc) is 3.30. The van der Waals surface area contributed by atoms with Crippen molar-refractivity contribution in [3.8, 4) is 17.2 Å². The lowest BCUT2D eigenvalue weighted by Crippen LogP contribution is -2.11. The molecular formula is C51H65N2O10P3. The number of hydrogen-bond acceptors (Lipinski definition) is 11. The van der Waals surface area contributed by atoms with E-state index < -0.39 is 17.4 Å². The monoisotopic (exact) mass is 958 g/mol. The van der Waals surface area contributed by atoms with Crippen molar-refractivity contribution in [2.45, 2.75) is 73.3 Å². The number of nitro groups is 1. The van der Waals surface area contributed by atoms with Crippen LogP contribution in [0.1, 0.15) is 62.9 Å². The first-order chi connectivity index (χ1) is 30.5. The van der Waals surface area contributed by atoms with E-state index in [4.69, 9.17) is 34.5 Å². The predicted molar refractivity (Wildman–Crippen MR) is 275 cm³/mol. The summed E-state index contributed by atoms with van der Waals surface area (Å²) in [4.78, 5) is 32.2. The van der Waals surface area contributed by atoms with Gasteiger partial charge in [0.15, 0.2) is 0 Å². The quantitative estimate of drug-likeness (QED) is 0.0343. The number of benzene rings is 6. The van der Waals surface area contributed by atoms with Crippen LogP contribution in [-0.2, 0) is 58.7 Å². The third kappa shape index (κ3) is 24.0. The van der Waals surface area contributed by atoms with E-state index in [0.29, 0.717) is 26.4 Å². The zero-order chi connectivity index (χ0) is 45.2. The number of aliphatic hydroxyl groups excluding tert-OH is 1. The van der Waals surface area contributed by atoms with Crippen LogP contribution in [0.4, 0.5) is 0 Å². The number of ether oxygens (including phenoxy) is 5. The Morgan fingerprint density at radius 3 is 1.03 bits per heavy atom. The average molecular weight is 959 g/mol. The molecule has 0 spiro atoms. The van der Waals surface area contributed by atoms with Crippen molar-refractivity contribution in [1.82, 2.24) is 0 Å². The molecule has 0 radical (unpaired) electrons. The Morgan fingerprint density at radius 1 is 0.470 bits per heavy atom. The SMILES string of the molecule is Cc1ccc(COc2ccc(CO)cc2)cc1.Cc1ccc(COc2ccc(COC(=O)CCN)cc2)cc1.Cc1ccc(COc2ccc(COC(=O)CC[N+](=O)[O-])cc2)cc1.P.P.P. The predicted octanol–water partition coefficient (Wildman–Crippen LogP) is 9.49. The van der Waals surface area contributed by atoms with Crippen LogP contribution in [0, 0.1) is 30.9 Å². The molecule has 6 aromatic rings. The highest BCUT2D eigenvalue weighted by atomic mass is 31.0. The molecule has 0 aliphatic carbocycles. The molecule has 0 heterocycles. The molecule has 66 heavy (non-hydrogen) atoms. The minimum Gasteiger partial charge on any atom is -0.489 e. The van der Waals surface area contributed by atoms with Crippen LogP contribution in [0.3, 0.4) is 0 Å². The van der Waals surface area contributed by atoms with Crippen molar-refractivity contribution in [2.24, 2.45) is 5.73 Å². The summed E-state index contributed by atoms with van der Waals surface area (Å²) in [6.45, 7) is 8.06. The lowest BCUT2D eigenvalue weighted by molar-refractivity contribution is -0.479. The fraction of sp³-hybridized carbons (Fsp3) is 0.255. The highest BCUT2D eigenvalue weighted by Crippen LogP contribution is 2.18. The Hall–Kier alpha value is -5.73. The second kappa shape index (κ2) is 32.8. The summed E-state index contributed by atoms with van der Waals surface area (Å²) in [6, 6.07) is 46.9. The zero-order valence-electron chi connectivity index (χ0n) is 38.2. The smallest absolute Gasteiger partial charge is 0.312 e. The third-order valence-electron chi connectivity index (χ3n) is 9.18. The summed E-state index contributed by atoms with van der Waals surface area (Å²) < 4.78 is 27.1. The van der Waals surface area contributed by atoms with Crippen LogP contribution in [0.2, 0.25) is 0 Å². The minimum atomic E-state index is -0.577. The van der Waals surface area contributed by atoms with E-state index in [0.717, 1.165) is 50.6 Å². The topological polar surface area (TPSA) is 170 Å². The number of hydrogen-bond donors (Lipinski definition) is 2. The van der Waals surface area contributed by atoms with Crippen LogP contribution in [-0.4, -0.2) is 35.1 Å². The number of nitrogens with zero attached hydrogens (tertiary/aromatic N) is 1. The zero-order valence-corrected chi connectivity index (χ0v) is 42.4. The second-order valence-corrected chi connectivity index (χ2v) is 14.6. The van der Waals surface area contributed by atoms with Gasteiger partial charge in [-0.2, -0.15) is 29.7 Å². The van der Waals surface area contributed by atoms with Crippen molar-refractivity contribution in [1.29, 1.82) is 0 Å². The largest absolute Gasteiger partial charge is 0.489 e. The molecule has 3 atom stereocenters. The Morgan fingerprint density at radius 2 is 0.742 bits per heavy atom. The van der Waals surface area contributed by atoms with Gasteiger partial charge in [0.1, 0.15) is 56.7 Å². The molecule has 0 saturated carbocycles. The molecular weight excluding hydrogens is 893 g/mol. The molecule has 0 aliphatic rings. The van der Waals surface area contributed by atoms with Crippen molar-refractivity contribution < 1.29 is 43.3 Å². The third-order valence-corrected chi connectivity index (χ3v) is 9.18. The molecule has 0 fully saturated rings. The molecule has 6 aromatic carbocycles. The number of carbonyl (C=O) groups is 2. The highest BCUT2D eigenvalue weighted by Gasteiger charge is 2.08. The first-order valence-electron chi connectivity index (χ1n) is 20.5. The molecule has 3 N–H and O–H groups in total. The van der Waals surface area contributed by atoms with E-state index in [-0.39, 0.29) is 68.3 Å². The van der Waals surface area contributed by atoms with Gasteiger partial charge in [-0.3, -0.25) is 19.7 Å². The maximum Gasteiger partial charge on any atom is 0.312 e. The summed E-state index contributed by atoms with van der Waals surface area (Å²) in [6.07, 6.45) is 0.0302. The van der Waals surface area contributed by atoms with E-state index in [1.54, 1.807) is 24.3 Å². The Balaban J connectivity index is 0.000000490. The molecule has 15 heteroatoms. The molecule has 12 nitrogen and oxygen atoms in total. The molecule has 0 amide bonds. The number of esters is 2. The minimum absolute atomic E-state index is 0. The molecule has 0 aliphatic heterocycles. The fourth-order valence-electron chi connectivity index (χ4n) is 5.38. The number of nitrogens with two attached hydrogens (primary N) is 1. The molecule has 3 unspecified atom stereocenters. The van der Waals surface area contributed by atoms with Crippen LogP contribution in [0.25, 0.3) is 0 Å². The van der Waals surface area contributed by atoms with Gasteiger partial charge in [0, 0.05) is 11.5 Å². The summed E-state index contributed by atoms with van der Waals surface area (Å²) >= 11 is 0. The van der Waals surface area contributed by atoms with Gasteiger partial charge in [0.05, 0.1) is 13.0 Å². The van der Waals surface area contributed by atoms with Gasteiger partial charge in [-0.25, -0.2) is 0 Å². The standard InChI is InChI=1S/C18H19NO5.C18H21NO3.C15H16O2.3H3P/c1-14-2-4-15(5-3-14)12-23-17-8-6-16(7-9-17)13-24-18(20)10-11-19(21)22;1-14-2-4-15(5-3-14)12-21-17-8-6-16(7-9-17)13-22-18(20)10-11-19;1-12-2-4-14(5-3-12)11-17-15-8-6-13(10-16)7-9-15;;;/h2-9H,10-13H2,1H3;2-9H,10-13,19H2,1H3;2-9,16H,10-11H2,1H3;3*1H3. The molecule has 354 valence electrons. The van der Waals surface area contributed by atoms with Gasteiger partial charge in [0.2, 0.25) is 6.54 Å². The van der Waals surface area contributed by atoms with E-state index >= 15 is 0 Å². The van der Waals surface area contributed by atoms with Gasteiger partial charge >= 0.3 is 11.9 Å². The van der Waals surface area contributed by atoms with Gasteiger partial charge < -0.3 is 34.5 Å². The lowest BCUT2D eigenvalue weighted by Gasteiger charge is -2.08. The Labute approximate surface area is 398 Å². The first-order valence-corrected chi connectivity index (χ1v) is 20.5. The van der Waals surface area contributed by atoms with Crippen LogP contribution >= 0.6 is 29.7 Å². The van der Waals surface area contributed by atoms with E-state index in [9.17, 15) is 19.7 Å². The van der Waals surface area contributed by atoms with Gasteiger partial charge in [-0.15, -0.1) is 0 Å². The molecule has 0 saturated heterocycles. The Kier molecular flexibility index (Phi) is 29.0.